The molecule has 25 heavy (non-hydrogen) atoms. The molecule has 0 saturated carbocycles. The van der Waals surface area contributed by atoms with Crippen LogP contribution in [-0.4, -0.2) is 38.2 Å². The quantitative estimate of drug-likeness (QED) is 0.617. The van der Waals surface area contributed by atoms with Crippen LogP contribution in [0.1, 0.15) is 29.9 Å². The summed E-state index contributed by atoms with van der Waals surface area (Å²) in [6, 6.07) is 7.37. The molecule has 0 bridgehead atoms. The number of nitrogens with one attached hydrogen (secondary N) is 2. The Morgan fingerprint density at radius 2 is 2.20 bits per heavy atom. The van der Waals surface area contributed by atoms with E-state index in [2.05, 4.69) is 33.7 Å². The lowest BCUT2D eigenvalue weighted by Gasteiger charge is -2.16. The van der Waals surface area contributed by atoms with Crippen LogP contribution in [0.3, 0.4) is 0 Å². The fourth-order valence-electron chi connectivity index (χ4n) is 3.06. The topological polar surface area (TPSA) is 82.9 Å². The van der Waals surface area contributed by atoms with Crippen LogP contribution in [0.2, 0.25) is 0 Å². The first-order valence-corrected chi connectivity index (χ1v) is 8.55. The third kappa shape index (κ3) is 3.91. The second-order valence-electron chi connectivity index (χ2n) is 6.73. The van der Waals surface area contributed by atoms with E-state index in [4.69, 9.17) is 0 Å². The van der Waals surface area contributed by atoms with Gasteiger partial charge in [0, 0.05) is 47.5 Å². The molecule has 0 fully saturated rings. The van der Waals surface area contributed by atoms with Crippen molar-refractivity contribution in [2.24, 2.45) is 5.92 Å². The van der Waals surface area contributed by atoms with Crippen molar-refractivity contribution >= 4 is 16.8 Å². The SMILES string of the molecule is CC(C)Cn1ccc2c(C(=O)N[C@H](CO)Cc3cnc[nH]3)cccc21. The minimum Gasteiger partial charge on any atom is -0.394 e. The van der Waals surface area contributed by atoms with Crippen LogP contribution in [0.15, 0.2) is 43.0 Å². The first kappa shape index (κ1) is 17.2. The molecule has 6 heteroatoms. The number of aromatic nitrogens is 3. The Labute approximate surface area is 146 Å². The van der Waals surface area contributed by atoms with Crippen LogP contribution in [-0.2, 0) is 13.0 Å². The molecule has 0 spiro atoms. The summed E-state index contributed by atoms with van der Waals surface area (Å²) in [5, 5.41) is 13.4. The Kier molecular flexibility index (Phi) is 5.19. The molecule has 2 heterocycles. The summed E-state index contributed by atoms with van der Waals surface area (Å²) in [5.41, 5.74) is 2.55. The van der Waals surface area contributed by atoms with Gasteiger partial charge in [-0.3, -0.25) is 4.79 Å². The van der Waals surface area contributed by atoms with E-state index in [-0.39, 0.29) is 18.6 Å². The number of aromatic amines is 1. The number of benzene rings is 1. The number of carbonyl (C=O) groups excluding carboxylic acids is 1. The zero-order valence-corrected chi connectivity index (χ0v) is 14.6. The van der Waals surface area contributed by atoms with E-state index in [9.17, 15) is 9.90 Å². The highest BCUT2D eigenvalue weighted by atomic mass is 16.3. The average Bonchev–Trinajstić information content (AvgIpc) is 3.23. The Morgan fingerprint density at radius 3 is 2.88 bits per heavy atom. The normalized spacial score (nSPS) is 12.6. The first-order valence-electron chi connectivity index (χ1n) is 8.55. The molecule has 0 radical (unpaired) electrons. The standard InChI is InChI=1S/C19H24N4O2/c1-13(2)10-23-7-6-16-17(4-3-5-18(16)23)19(25)22-15(11-24)8-14-9-20-12-21-14/h3-7,9,12-13,15,24H,8,10-11H2,1-2H3,(H,20,21)(H,22,25)/t15-/m0/s1. The largest absolute Gasteiger partial charge is 0.394 e. The van der Waals surface area contributed by atoms with Gasteiger partial charge in [-0.05, 0) is 24.1 Å². The number of hydrogen-bond donors (Lipinski definition) is 3. The number of carbonyl (C=O) groups is 1. The number of aliphatic hydroxyl groups is 1. The zero-order valence-electron chi connectivity index (χ0n) is 14.6. The van der Waals surface area contributed by atoms with Crippen LogP contribution in [0.25, 0.3) is 10.9 Å². The van der Waals surface area contributed by atoms with Crippen LogP contribution in [0.4, 0.5) is 0 Å². The smallest absolute Gasteiger partial charge is 0.252 e. The maximum atomic E-state index is 12.7. The summed E-state index contributed by atoms with van der Waals surface area (Å²) in [5.74, 6) is 0.354. The summed E-state index contributed by atoms with van der Waals surface area (Å²) in [7, 11) is 0. The summed E-state index contributed by atoms with van der Waals surface area (Å²) in [4.78, 5) is 19.7. The number of aliphatic hydroxyl groups excluding tert-OH is 1. The van der Waals surface area contributed by atoms with Gasteiger partial charge in [-0.25, -0.2) is 4.98 Å². The van der Waals surface area contributed by atoms with E-state index >= 15 is 0 Å². The summed E-state index contributed by atoms with van der Waals surface area (Å²) >= 11 is 0. The molecule has 1 aromatic carbocycles. The molecule has 132 valence electrons. The van der Waals surface area contributed by atoms with Crippen molar-refractivity contribution in [3.05, 3.63) is 54.2 Å². The molecule has 0 aliphatic carbocycles. The monoisotopic (exact) mass is 340 g/mol. The molecule has 3 rings (SSSR count). The lowest BCUT2D eigenvalue weighted by molar-refractivity contribution is 0.0918. The van der Waals surface area contributed by atoms with Crippen molar-refractivity contribution in [2.75, 3.05) is 6.61 Å². The summed E-state index contributed by atoms with van der Waals surface area (Å²) < 4.78 is 2.17. The van der Waals surface area contributed by atoms with Crippen molar-refractivity contribution in [3.8, 4) is 0 Å². The van der Waals surface area contributed by atoms with E-state index in [0.717, 1.165) is 23.1 Å². The zero-order chi connectivity index (χ0) is 17.8. The van der Waals surface area contributed by atoms with E-state index in [0.29, 0.717) is 17.9 Å². The summed E-state index contributed by atoms with van der Waals surface area (Å²) in [6.07, 6.45) is 5.81. The van der Waals surface area contributed by atoms with Crippen molar-refractivity contribution in [1.82, 2.24) is 19.9 Å². The van der Waals surface area contributed by atoms with Crippen LogP contribution in [0.5, 0.6) is 0 Å². The third-order valence-corrected chi connectivity index (χ3v) is 4.20. The van der Waals surface area contributed by atoms with Crippen molar-refractivity contribution in [2.45, 2.75) is 32.9 Å². The molecule has 0 unspecified atom stereocenters. The Morgan fingerprint density at radius 1 is 1.36 bits per heavy atom. The van der Waals surface area contributed by atoms with Crippen LogP contribution < -0.4 is 5.32 Å². The van der Waals surface area contributed by atoms with Gasteiger partial charge in [0.05, 0.1) is 19.0 Å². The van der Waals surface area contributed by atoms with Gasteiger partial charge >= 0.3 is 0 Å². The van der Waals surface area contributed by atoms with Gasteiger partial charge in [-0.2, -0.15) is 0 Å². The minimum absolute atomic E-state index is 0.130. The number of nitrogens with zero attached hydrogens (tertiary/aromatic N) is 2. The average molecular weight is 340 g/mol. The van der Waals surface area contributed by atoms with Gasteiger partial charge in [0.25, 0.3) is 5.91 Å². The molecular formula is C19H24N4O2. The van der Waals surface area contributed by atoms with E-state index < -0.39 is 0 Å². The maximum absolute atomic E-state index is 12.7. The number of fused-ring (bicyclic) bond motifs is 1. The lowest BCUT2D eigenvalue weighted by Crippen LogP contribution is -2.39. The predicted octanol–water partition coefficient (Wildman–Crippen LogP) is 2.35. The van der Waals surface area contributed by atoms with Gasteiger partial charge in [0.15, 0.2) is 0 Å². The number of H-pyrrole nitrogens is 1. The van der Waals surface area contributed by atoms with Gasteiger partial charge in [-0.1, -0.05) is 19.9 Å². The first-order chi connectivity index (χ1) is 12.1. The van der Waals surface area contributed by atoms with Crippen molar-refractivity contribution in [1.29, 1.82) is 0 Å². The molecule has 1 atom stereocenters. The Hall–Kier alpha value is -2.60. The molecule has 3 N–H and O–H groups in total. The van der Waals surface area contributed by atoms with Crippen molar-refractivity contribution < 1.29 is 9.90 Å². The van der Waals surface area contributed by atoms with Gasteiger partial charge in [-0.15, -0.1) is 0 Å². The predicted molar refractivity (Wildman–Crippen MR) is 97.4 cm³/mol. The molecule has 1 amide bonds. The molecule has 6 nitrogen and oxygen atoms in total. The molecule has 0 aliphatic rings. The van der Waals surface area contributed by atoms with Crippen LogP contribution >= 0.6 is 0 Å². The van der Waals surface area contributed by atoms with E-state index in [1.165, 1.54) is 0 Å². The fraction of sp³-hybridized carbons (Fsp3) is 0.368. The summed E-state index contributed by atoms with van der Waals surface area (Å²) in [6.45, 7) is 5.12. The number of amides is 1. The van der Waals surface area contributed by atoms with Crippen LogP contribution in [0, 0.1) is 5.92 Å². The maximum Gasteiger partial charge on any atom is 0.252 e. The van der Waals surface area contributed by atoms with Gasteiger partial charge in [0.1, 0.15) is 0 Å². The second kappa shape index (κ2) is 7.53. The van der Waals surface area contributed by atoms with Gasteiger partial charge < -0.3 is 20.0 Å². The molecule has 0 saturated heterocycles. The number of rotatable bonds is 7. The minimum atomic E-state index is -0.360. The van der Waals surface area contributed by atoms with Crippen molar-refractivity contribution in [3.63, 3.8) is 0 Å². The van der Waals surface area contributed by atoms with E-state index in [1.807, 2.05) is 30.5 Å². The second-order valence-corrected chi connectivity index (χ2v) is 6.73. The molecule has 0 aliphatic heterocycles. The Bertz CT molecular complexity index is 836. The number of hydrogen-bond acceptors (Lipinski definition) is 3. The lowest BCUT2D eigenvalue weighted by atomic mass is 10.1. The highest BCUT2D eigenvalue weighted by molar-refractivity contribution is 6.06. The highest BCUT2D eigenvalue weighted by Crippen LogP contribution is 2.21. The number of imidazole rings is 1. The third-order valence-electron chi connectivity index (χ3n) is 4.20. The highest BCUT2D eigenvalue weighted by Gasteiger charge is 2.17. The molecular weight excluding hydrogens is 316 g/mol. The molecule has 2 aromatic heterocycles. The molecule has 3 aromatic rings. The van der Waals surface area contributed by atoms with Gasteiger partial charge in [0.2, 0.25) is 0 Å². The Balaban J connectivity index is 1.80. The fourth-order valence-corrected chi connectivity index (χ4v) is 3.06. The van der Waals surface area contributed by atoms with E-state index in [1.54, 1.807) is 12.5 Å².